The van der Waals surface area contributed by atoms with Crippen molar-refractivity contribution in [2.75, 3.05) is 18.8 Å². The normalized spacial score (nSPS) is 26.4. The van der Waals surface area contributed by atoms with Gasteiger partial charge in [0, 0.05) is 13.1 Å². The monoisotopic (exact) mass is 259 g/mol. The Morgan fingerprint density at radius 1 is 1.50 bits per heavy atom. The van der Waals surface area contributed by atoms with Crippen molar-refractivity contribution in [2.45, 2.75) is 25.1 Å². The highest BCUT2D eigenvalue weighted by Crippen LogP contribution is 2.16. The fraction of sp³-hybridized carbons (Fsp3) is 0.636. The van der Waals surface area contributed by atoms with E-state index in [0.29, 0.717) is 12.3 Å². The fourth-order valence-electron chi connectivity index (χ4n) is 1.91. The Kier molecular flexibility index (Phi) is 3.66. The van der Waals surface area contributed by atoms with Gasteiger partial charge in [-0.25, -0.2) is 8.42 Å². The molecule has 1 fully saturated rings. The molecule has 90 valence electrons. The topological polar surface area (TPSA) is 37.4 Å². The van der Waals surface area contributed by atoms with Crippen molar-refractivity contribution in [3.63, 3.8) is 0 Å². The third-order valence-electron chi connectivity index (χ3n) is 3.14. The Balaban J connectivity index is 1.99. The molecule has 0 unspecified atom stereocenters. The highest BCUT2D eigenvalue weighted by atomic mass is 32.2. The molecule has 3 nitrogen and oxygen atoms in total. The second kappa shape index (κ2) is 4.85. The third-order valence-corrected chi connectivity index (χ3v) is 6.09. The van der Waals surface area contributed by atoms with Crippen LogP contribution in [-0.4, -0.2) is 37.4 Å². The molecule has 5 heteroatoms. The summed E-state index contributed by atoms with van der Waals surface area (Å²) >= 11 is 1.69. The van der Waals surface area contributed by atoms with Crippen LogP contribution in [0.25, 0.3) is 0 Å². The van der Waals surface area contributed by atoms with Crippen molar-refractivity contribution in [1.82, 2.24) is 4.90 Å². The highest BCUT2D eigenvalue weighted by Gasteiger charge is 2.26. The van der Waals surface area contributed by atoms with Gasteiger partial charge in [0.05, 0.1) is 11.0 Å². The Hall–Kier alpha value is -0.390. The van der Waals surface area contributed by atoms with Crippen LogP contribution in [0.4, 0.5) is 0 Å². The Labute approximate surface area is 101 Å². The number of thiophene rings is 1. The molecular formula is C11H17NO2S2. The molecule has 1 aliphatic rings. The van der Waals surface area contributed by atoms with E-state index in [-0.39, 0.29) is 5.25 Å². The van der Waals surface area contributed by atoms with Crippen LogP contribution in [-0.2, 0) is 16.4 Å². The summed E-state index contributed by atoms with van der Waals surface area (Å²) < 4.78 is 23.4. The lowest BCUT2D eigenvalue weighted by molar-refractivity contribution is 0.284. The number of hydrogen-bond acceptors (Lipinski definition) is 4. The van der Waals surface area contributed by atoms with E-state index in [9.17, 15) is 8.42 Å². The second-order valence-corrected chi connectivity index (χ2v) is 7.69. The quantitative estimate of drug-likeness (QED) is 0.812. The van der Waals surface area contributed by atoms with Gasteiger partial charge in [-0.15, -0.1) is 0 Å². The number of sulfone groups is 1. The molecule has 0 aliphatic carbocycles. The van der Waals surface area contributed by atoms with Crippen LogP contribution in [0.1, 0.15) is 18.9 Å². The third kappa shape index (κ3) is 2.84. The minimum atomic E-state index is -2.85. The van der Waals surface area contributed by atoms with Gasteiger partial charge in [-0.1, -0.05) is 0 Å². The molecule has 1 saturated heterocycles. The smallest absolute Gasteiger partial charge is 0.154 e. The largest absolute Gasteiger partial charge is 0.298 e. The lowest BCUT2D eigenvalue weighted by Crippen LogP contribution is -2.26. The molecule has 1 aromatic rings. The molecule has 2 heterocycles. The first-order valence-corrected chi connectivity index (χ1v) is 8.19. The van der Waals surface area contributed by atoms with Crippen molar-refractivity contribution < 1.29 is 8.42 Å². The zero-order valence-electron chi connectivity index (χ0n) is 9.43. The van der Waals surface area contributed by atoms with Gasteiger partial charge >= 0.3 is 0 Å². The van der Waals surface area contributed by atoms with Crippen LogP contribution in [0.15, 0.2) is 16.8 Å². The predicted molar refractivity (Wildman–Crippen MR) is 67.5 cm³/mol. The van der Waals surface area contributed by atoms with Gasteiger partial charge in [-0.2, -0.15) is 11.3 Å². The van der Waals surface area contributed by atoms with E-state index in [1.807, 2.05) is 6.92 Å². The fourth-order valence-corrected chi connectivity index (χ4v) is 3.95. The number of nitrogens with zero attached hydrogens (tertiary/aromatic N) is 1. The van der Waals surface area contributed by atoms with Gasteiger partial charge < -0.3 is 0 Å². The first kappa shape index (κ1) is 12.1. The lowest BCUT2D eigenvalue weighted by Gasteiger charge is -2.18. The predicted octanol–water partition coefficient (Wildman–Crippen LogP) is 1.76. The maximum atomic E-state index is 11.7. The summed E-state index contributed by atoms with van der Waals surface area (Å²) in [7, 11) is -2.85. The summed E-state index contributed by atoms with van der Waals surface area (Å²) in [6.45, 7) is 4.26. The molecule has 0 aromatic carbocycles. The molecular weight excluding hydrogens is 242 g/mol. The molecule has 1 aliphatic heterocycles. The summed E-state index contributed by atoms with van der Waals surface area (Å²) in [4.78, 5) is 2.24. The van der Waals surface area contributed by atoms with Crippen LogP contribution >= 0.6 is 11.3 Å². The average Bonchev–Trinajstić information content (AvgIpc) is 2.70. The zero-order valence-corrected chi connectivity index (χ0v) is 11.1. The minimum absolute atomic E-state index is 0.181. The standard InChI is InChI=1S/C11H17NO2S2/c1-10-2-4-12(5-7-16(10,13)14)8-11-3-6-15-9-11/h3,6,9-10H,2,4-5,7-8H2,1H3/t10-/m0/s1. The van der Waals surface area contributed by atoms with Crippen LogP contribution in [0.5, 0.6) is 0 Å². The average molecular weight is 259 g/mol. The summed E-state index contributed by atoms with van der Waals surface area (Å²) in [5.74, 6) is 0.304. The summed E-state index contributed by atoms with van der Waals surface area (Å²) in [6.07, 6.45) is 0.756. The van der Waals surface area contributed by atoms with Crippen molar-refractivity contribution in [3.8, 4) is 0 Å². The van der Waals surface area contributed by atoms with E-state index in [1.54, 1.807) is 11.3 Å². The van der Waals surface area contributed by atoms with Gasteiger partial charge in [0.2, 0.25) is 0 Å². The van der Waals surface area contributed by atoms with Gasteiger partial charge in [0.25, 0.3) is 0 Å². The molecule has 1 atom stereocenters. The van der Waals surface area contributed by atoms with Crippen LogP contribution in [0, 0.1) is 0 Å². The molecule has 1 aromatic heterocycles. The van der Waals surface area contributed by atoms with Crippen molar-refractivity contribution in [1.29, 1.82) is 0 Å². The summed E-state index contributed by atoms with van der Waals surface area (Å²) in [5, 5.41) is 4.01. The molecule has 16 heavy (non-hydrogen) atoms. The first-order valence-electron chi connectivity index (χ1n) is 5.53. The Morgan fingerprint density at radius 2 is 2.31 bits per heavy atom. The van der Waals surface area contributed by atoms with Crippen molar-refractivity contribution >= 4 is 21.2 Å². The lowest BCUT2D eigenvalue weighted by atomic mass is 10.2. The molecule has 0 radical (unpaired) electrons. The highest BCUT2D eigenvalue weighted by molar-refractivity contribution is 7.92. The minimum Gasteiger partial charge on any atom is -0.298 e. The summed E-state index contributed by atoms with van der Waals surface area (Å²) in [5.41, 5.74) is 1.29. The van der Waals surface area contributed by atoms with Gasteiger partial charge in [0.1, 0.15) is 0 Å². The molecule has 0 bridgehead atoms. The van der Waals surface area contributed by atoms with Gasteiger partial charge in [-0.05, 0) is 42.3 Å². The van der Waals surface area contributed by atoms with E-state index in [4.69, 9.17) is 0 Å². The van der Waals surface area contributed by atoms with Crippen LogP contribution in [0.2, 0.25) is 0 Å². The molecule has 0 amide bonds. The maximum absolute atomic E-state index is 11.7. The van der Waals surface area contributed by atoms with Gasteiger partial charge in [-0.3, -0.25) is 4.90 Å². The van der Waals surface area contributed by atoms with Gasteiger partial charge in [0.15, 0.2) is 9.84 Å². The Morgan fingerprint density at radius 3 is 3.00 bits per heavy atom. The zero-order chi connectivity index (χ0) is 11.6. The molecule has 0 N–H and O–H groups in total. The molecule has 2 rings (SSSR count). The van der Waals surface area contributed by atoms with Crippen LogP contribution < -0.4 is 0 Å². The number of rotatable bonds is 2. The number of hydrogen-bond donors (Lipinski definition) is 0. The van der Waals surface area contributed by atoms with Crippen molar-refractivity contribution in [3.05, 3.63) is 22.4 Å². The SMILES string of the molecule is C[C@H]1CCN(Cc2ccsc2)CCS1(=O)=O. The second-order valence-electron chi connectivity index (χ2n) is 4.37. The van der Waals surface area contributed by atoms with Crippen LogP contribution in [0.3, 0.4) is 0 Å². The van der Waals surface area contributed by atoms with E-state index < -0.39 is 9.84 Å². The molecule has 0 spiro atoms. The van der Waals surface area contributed by atoms with E-state index >= 15 is 0 Å². The van der Waals surface area contributed by atoms with E-state index in [0.717, 1.165) is 19.5 Å². The first-order chi connectivity index (χ1) is 7.58. The van der Waals surface area contributed by atoms with Crippen molar-refractivity contribution in [2.24, 2.45) is 0 Å². The maximum Gasteiger partial charge on any atom is 0.154 e. The van der Waals surface area contributed by atoms with E-state index in [2.05, 4.69) is 21.7 Å². The Bertz CT molecular complexity index is 425. The van der Waals surface area contributed by atoms with E-state index in [1.165, 1.54) is 5.56 Å². The molecule has 0 saturated carbocycles. The summed E-state index contributed by atoms with van der Waals surface area (Å²) in [6, 6.07) is 2.10.